The molecule has 2 aromatic rings. The molecule has 1 aliphatic rings. The second-order valence-electron chi connectivity index (χ2n) is 5.68. The third-order valence-corrected chi connectivity index (χ3v) is 4.06. The summed E-state index contributed by atoms with van der Waals surface area (Å²) in [4.78, 5) is 28.7. The van der Waals surface area contributed by atoms with Crippen molar-refractivity contribution in [1.29, 1.82) is 0 Å². The number of ketones is 2. The first-order chi connectivity index (χ1) is 11.7. The number of hydrogen-bond acceptors (Lipinski definition) is 5. The molecule has 0 fully saturated rings. The molecule has 0 saturated heterocycles. The van der Waals surface area contributed by atoms with E-state index in [4.69, 9.17) is 9.47 Å². The minimum atomic E-state index is -0.193. The van der Waals surface area contributed by atoms with Gasteiger partial charge in [0.2, 0.25) is 0 Å². The van der Waals surface area contributed by atoms with Crippen LogP contribution in [0.5, 0.6) is 11.5 Å². The van der Waals surface area contributed by atoms with E-state index in [0.29, 0.717) is 11.3 Å². The van der Waals surface area contributed by atoms with E-state index in [-0.39, 0.29) is 30.1 Å². The van der Waals surface area contributed by atoms with E-state index in [0.717, 1.165) is 30.8 Å². The van der Waals surface area contributed by atoms with Crippen LogP contribution in [-0.2, 0) is 6.42 Å². The molecule has 124 valence electrons. The van der Waals surface area contributed by atoms with Gasteiger partial charge in [0.25, 0.3) is 0 Å². The third-order valence-electron chi connectivity index (χ3n) is 4.06. The highest BCUT2D eigenvalue weighted by Gasteiger charge is 2.17. The molecular formula is C19H19NO4. The molecule has 0 unspecified atom stereocenters. The molecule has 1 aromatic heterocycles. The Morgan fingerprint density at radius 3 is 2.88 bits per heavy atom. The molecular weight excluding hydrogens is 306 g/mol. The second kappa shape index (κ2) is 7.25. The SMILES string of the molecule is COc1cccnc1C(=O)CCC(=O)c1ccc2c(c1)CCCO2. The van der Waals surface area contributed by atoms with Gasteiger partial charge < -0.3 is 9.47 Å². The van der Waals surface area contributed by atoms with Crippen molar-refractivity contribution >= 4 is 11.6 Å². The van der Waals surface area contributed by atoms with E-state index in [1.54, 1.807) is 24.4 Å². The summed E-state index contributed by atoms with van der Waals surface area (Å²) in [5.74, 6) is 1.04. The molecule has 5 heteroatoms. The molecule has 3 rings (SSSR count). The van der Waals surface area contributed by atoms with E-state index in [1.165, 1.54) is 7.11 Å². The molecule has 0 aliphatic carbocycles. The first-order valence-electron chi connectivity index (χ1n) is 8.00. The molecule has 0 bridgehead atoms. The molecule has 2 heterocycles. The van der Waals surface area contributed by atoms with Crippen LogP contribution in [-0.4, -0.2) is 30.3 Å². The topological polar surface area (TPSA) is 65.5 Å². The van der Waals surface area contributed by atoms with Crippen molar-refractivity contribution < 1.29 is 19.1 Å². The maximum absolute atomic E-state index is 12.4. The Bertz CT molecular complexity index is 770. The van der Waals surface area contributed by atoms with Gasteiger partial charge in [-0.1, -0.05) is 0 Å². The molecule has 1 aromatic carbocycles. The quantitative estimate of drug-likeness (QED) is 0.763. The fraction of sp³-hybridized carbons (Fsp3) is 0.316. The number of hydrogen-bond donors (Lipinski definition) is 0. The van der Waals surface area contributed by atoms with Crippen LogP contribution in [0.2, 0.25) is 0 Å². The van der Waals surface area contributed by atoms with Crippen molar-refractivity contribution in [2.45, 2.75) is 25.7 Å². The zero-order chi connectivity index (χ0) is 16.9. The Morgan fingerprint density at radius 2 is 2.04 bits per heavy atom. The molecule has 0 radical (unpaired) electrons. The summed E-state index contributed by atoms with van der Waals surface area (Å²) in [5, 5.41) is 0. The zero-order valence-corrected chi connectivity index (χ0v) is 13.6. The Balaban J connectivity index is 1.66. The van der Waals surface area contributed by atoms with E-state index in [9.17, 15) is 9.59 Å². The lowest BCUT2D eigenvalue weighted by Crippen LogP contribution is -2.11. The highest BCUT2D eigenvalue weighted by atomic mass is 16.5. The number of aryl methyl sites for hydroxylation is 1. The standard InChI is InChI=1S/C19H19NO4/c1-23-18-5-2-10-20-19(18)16(22)8-7-15(21)13-6-9-17-14(12-13)4-3-11-24-17/h2,5-6,9-10,12H,3-4,7-8,11H2,1H3. The fourth-order valence-corrected chi connectivity index (χ4v) is 2.79. The number of carbonyl (C=O) groups is 2. The molecule has 0 saturated carbocycles. The number of carbonyl (C=O) groups excluding carboxylic acids is 2. The van der Waals surface area contributed by atoms with Crippen LogP contribution < -0.4 is 9.47 Å². The van der Waals surface area contributed by atoms with Crippen LogP contribution >= 0.6 is 0 Å². The molecule has 1 aliphatic heterocycles. The number of ether oxygens (including phenoxy) is 2. The van der Waals surface area contributed by atoms with Crippen molar-refractivity contribution in [1.82, 2.24) is 4.98 Å². The number of benzene rings is 1. The number of pyridine rings is 1. The number of fused-ring (bicyclic) bond motifs is 1. The second-order valence-corrected chi connectivity index (χ2v) is 5.68. The largest absolute Gasteiger partial charge is 0.494 e. The molecule has 0 atom stereocenters. The smallest absolute Gasteiger partial charge is 0.185 e. The predicted octanol–water partition coefficient (Wildman–Crippen LogP) is 3.26. The Kier molecular flexibility index (Phi) is 4.89. The van der Waals surface area contributed by atoms with E-state index >= 15 is 0 Å². The fourth-order valence-electron chi connectivity index (χ4n) is 2.79. The average Bonchev–Trinajstić information content (AvgIpc) is 2.65. The van der Waals surface area contributed by atoms with Gasteiger partial charge in [-0.2, -0.15) is 0 Å². The average molecular weight is 325 g/mol. The van der Waals surface area contributed by atoms with Gasteiger partial charge in [-0.25, -0.2) is 4.98 Å². The molecule has 0 spiro atoms. The van der Waals surface area contributed by atoms with Crippen LogP contribution in [0.25, 0.3) is 0 Å². The maximum Gasteiger partial charge on any atom is 0.185 e. The number of aromatic nitrogens is 1. The number of nitrogens with zero attached hydrogens (tertiary/aromatic N) is 1. The van der Waals surface area contributed by atoms with Gasteiger partial charge in [-0.3, -0.25) is 9.59 Å². The Labute approximate surface area is 140 Å². The van der Waals surface area contributed by atoms with E-state index < -0.39 is 0 Å². The van der Waals surface area contributed by atoms with Gasteiger partial charge >= 0.3 is 0 Å². The van der Waals surface area contributed by atoms with Gasteiger partial charge in [-0.15, -0.1) is 0 Å². The van der Waals surface area contributed by atoms with E-state index in [1.807, 2.05) is 12.1 Å². The summed E-state index contributed by atoms with van der Waals surface area (Å²) in [6, 6.07) is 8.87. The Morgan fingerprint density at radius 1 is 1.21 bits per heavy atom. The van der Waals surface area contributed by atoms with Crippen LogP contribution in [0.4, 0.5) is 0 Å². The van der Waals surface area contributed by atoms with Crippen molar-refractivity contribution in [3.05, 3.63) is 53.3 Å². The zero-order valence-electron chi connectivity index (χ0n) is 13.6. The summed E-state index contributed by atoms with van der Waals surface area (Å²) in [5.41, 5.74) is 1.96. The van der Waals surface area contributed by atoms with Gasteiger partial charge in [0.05, 0.1) is 13.7 Å². The molecule has 0 amide bonds. The summed E-state index contributed by atoms with van der Waals surface area (Å²) >= 11 is 0. The normalized spacial score (nSPS) is 12.9. The highest BCUT2D eigenvalue weighted by Crippen LogP contribution is 2.26. The number of methoxy groups -OCH3 is 1. The van der Waals surface area contributed by atoms with Gasteiger partial charge in [0, 0.05) is 24.6 Å². The summed E-state index contributed by atoms with van der Waals surface area (Å²) in [6.45, 7) is 0.723. The monoisotopic (exact) mass is 325 g/mol. The lowest BCUT2D eigenvalue weighted by atomic mass is 9.98. The van der Waals surface area contributed by atoms with Crippen molar-refractivity contribution in [2.75, 3.05) is 13.7 Å². The first-order valence-corrected chi connectivity index (χ1v) is 8.00. The van der Waals surface area contributed by atoms with Gasteiger partial charge in [0.15, 0.2) is 11.6 Å². The van der Waals surface area contributed by atoms with Gasteiger partial charge in [-0.05, 0) is 48.7 Å². The highest BCUT2D eigenvalue weighted by molar-refractivity contribution is 6.02. The van der Waals surface area contributed by atoms with Crippen molar-refractivity contribution in [2.24, 2.45) is 0 Å². The summed E-state index contributed by atoms with van der Waals surface area (Å²) in [7, 11) is 1.49. The Hall–Kier alpha value is -2.69. The van der Waals surface area contributed by atoms with Crippen LogP contribution in [0.1, 0.15) is 45.7 Å². The summed E-state index contributed by atoms with van der Waals surface area (Å²) in [6.07, 6.45) is 3.68. The lowest BCUT2D eigenvalue weighted by Gasteiger charge is -2.17. The van der Waals surface area contributed by atoms with E-state index in [2.05, 4.69) is 4.98 Å². The molecule has 24 heavy (non-hydrogen) atoms. The van der Waals surface area contributed by atoms with Crippen LogP contribution in [0.3, 0.4) is 0 Å². The number of rotatable bonds is 6. The minimum absolute atomic E-state index is 0.0494. The maximum atomic E-state index is 12.4. The number of Topliss-reactive ketones (excluding diaryl/α,β-unsaturated/α-hetero) is 2. The first kappa shape index (κ1) is 16.2. The van der Waals surface area contributed by atoms with Crippen molar-refractivity contribution in [3.63, 3.8) is 0 Å². The molecule has 0 N–H and O–H groups in total. The van der Waals surface area contributed by atoms with Crippen molar-refractivity contribution in [3.8, 4) is 11.5 Å². The predicted molar refractivity (Wildman–Crippen MR) is 88.9 cm³/mol. The third kappa shape index (κ3) is 3.45. The summed E-state index contributed by atoms with van der Waals surface area (Å²) < 4.78 is 10.7. The van der Waals surface area contributed by atoms with Crippen LogP contribution in [0, 0.1) is 0 Å². The minimum Gasteiger partial charge on any atom is -0.494 e. The van der Waals surface area contributed by atoms with Crippen LogP contribution in [0.15, 0.2) is 36.5 Å². The van der Waals surface area contributed by atoms with Gasteiger partial charge in [0.1, 0.15) is 17.2 Å². The lowest BCUT2D eigenvalue weighted by molar-refractivity contribution is 0.0913. The molecule has 5 nitrogen and oxygen atoms in total.